The summed E-state index contributed by atoms with van der Waals surface area (Å²) in [5, 5.41) is 0. The molecule has 0 spiro atoms. The van der Waals surface area contributed by atoms with E-state index in [2.05, 4.69) is 49.4 Å². The molecule has 0 aromatic heterocycles. The van der Waals surface area contributed by atoms with Gasteiger partial charge in [-0.2, -0.15) is 0 Å². The van der Waals surface area contributed by atoms with Crippen LogP contribution in [0.2, 0.25) is 0 Å². The molecule has 0 heterocycles. The lowest BCUT2D eigenvalue weighted by atomic mass is 10.1. The van der Waals surface area contributed by atoms with E-state index in [1.54, 1.807) is 0 Å². The van der Waals surface area contributed by atoms with Gasteiger partial charge in [0.15, 0.2) is 0 Å². The summed E-state index contributed by atoms with van der Waals surface area (Å²) in [7, 11) is 0. The maximum absolute atomic E-state index is 2.18. The molecule has 0 saturated carbocycles. The van der Waals surface area contributed by atoms with E-state index in [0.717, 1.165) is 6.42 Å². The molecule has 0 saturated heterocycles. The van der Waals surface area contributed by atoms with Crippen LogP contribution in [0.5, 0.6) is 0 Å². The van der Waals surface area contributed by atoms with Gasteiger partial charge in [-0.3, -0.25) is 0 Å². The molecular formula is C13H16. The molecule has 0 unspecified atom stereocenters. The zero-order chi connectivity index (χ0) is 9.52. The van der Waals surface area contributed by atoms with Crippen molar-refractivity contribution in [1.82, 2.24) is 0 Å². The first-order chi connectivity index (χ1) is 6.34. The van der Waals surface area contributed by atoms with Gasteiger partial charge in [-0.05, 0) is 31.4 Å². The predicted octanol–water partition coefficient (Wildman–Crippen LogP) is 3.67. The van der Waals surface area contributed by atoms with Crippen LogP contribution in [0.1, 0.15) is 18.1 Å². The van der Waals surface area contributed by atoms with Gasteiger partial charge in [-0.1, -0.05) is 48.6 Å². The lowest BCUT2D eigenvalue weighted by molar-refractivity contribution is 1.21. The highest BCUT2D eigenvalue weighted by Gasteiger charge is 1.91. The van der Waals surface area contributed by atoms with E-state index in [1.807, 2.05) is 13.0 Å². The van der Waals surface area contributed by atoms with Gasteiger partial charge in [0.25, 0.3) is 0 Å². The van der Waals surface area contributed by atoms with Gasteiger partial charge >= 0.3 is 0 Å². The summed E-state index contributed by atoms with van der Waals surface area (Å²) < 4.78 is 0. The Morgan fingerprint density at radius 3 is 2.62 bits per heavy atom. The van der Waals surface area contributed by atoms with E-state index in [1.165, 1.54) is 11.1 Å². The van der Waals surface area contributed by atoms with Crippen molar-refractivity contribution in [3.63, 3.8) is 0 Å². The summed E-state index contributed by atoms with van der Waals surface area (Å²) in [5.74, 6) is 0. The van der Waals surface area contributed by atoms with Crippen LogP contribution in [-0.4, -0.2) is 0 Å². The van der Waals surface area contributed by atoms with Crippen LogP contribution in [0.3, 0.4) is 0 Å². The highest BCUT2D eigenvalue weighted by molar-refractivity contribution is 5.27. The lowest BCUT2D eigenvalue weighted by Gasteiger charge is -2.00. The van der Waals surface area contributed by atoms with E-state index in [-0.39, 0.29) is 0 Å². The molecule has 0 amide bonds. The molecule has 68 valence electrons. The molecule has 0 aliphatic rings. The fraction of sp³-hybridized carbons (Fsp3) is 0.231. The van der Waals surface area contributed by atoms with E-state index in [4.69, 9.17) is 0 Å². The van der Waals surface area contributed by atoms with E-state index < -0.39 is 0 Å². The zero-order valence-electron chi connectivity index (χ0n) is 8.33. The normalized spacial score (nSPS) is 11.5. The maximum atomic E-state index is 2.18. The van der Waals surface area contributed by atoms with Gasteiger partial charge < -0.3 is 0 Å². The topological polar surface area (TPSA) is 0 Å². The highest BCUT2D eigenvalue weighted by atomic mass is 14.0. The largest absolute Gasteiger partial charge is 0.0877 e. The Labute approximate surface area is 80.6 Å². The Hall–Kier alpha value is -1.30. The first-order valence-corrected chi connectivity index (χ1v) is 4.67. The van der Waals surface area contributed by atoms with Crippen LogP contribution in [0.4, 0.5) is 0 Å². The molecule has 0 aliphatic heterocycles. The summed E-state index contributed by atoms with van der Waals surface area (Å²) in [6.45, 7) is 4.18. The molecule has 0 radical (unpaired) electrons. The van der Waals surface area contributed by atoms with Gasteiger partial charge in [-0.25, -0.2) is 0 Å². The molecule has 0 bridgehead atoms. The van der Waals surface area contributed by atoms with Crippen molar-refractivity contribution in [2.45, 2.75) is 20.3 Å². The molecule has 0 heteroatoms. The van der Waals surface area contributed by atoms with Crippen LogP contribution in [-0.2, 0) is 6.42 Å². The Morgan fingerprint density at radius 1 is 1.15 bits per heavy atom. The monoisotopic (exact) mass is 172 g/mol. The molecule has 1 aromatic rings. The fourth-order valence-corrected chi connectivity index (χ4v) is 1.22. The molecule has 0 nitrogen and oxygen atoms in total. The number of allylic oxidation sites excluding steroid dienone is 4. The third kappa shape index (κ3) is 3.29. The highest BCUT2D eigenvalue weighted by Crippen LogP contribution is 2.07. The Bertz CT molecular complexity index is 306. The van der Waals surface area contributed by atoms with Gasteiger partial charge in [0.05, 0.1) is 0 Å². The van der Waals surface area contributed by atoms with Crippen LogP contribution in [0.15, 0.2) is 48.6 Å². The van der Waals surface area contributed by atoms with Crippen LogP contribution in [0.25, 0.3) is 0 Å². The minimum atomic E-state index is 1.02. The molecule has 1 rings (SSSR count). The smallest absolute Gasteiger partial charge is 0.00917 e. The Balaban J connectivity index is 2.59. The number of rotatable bonds is 3. The molecule has 0 N–H and O–H groups in total. The third-order valence-corrected chi connectivity index (χ3v) is 2.04. The van der Waals surface area contributed by atoms with Crippen molar-refractivity contribution >= 4 is 0 Å². The van der Waals surface area contributed by atoms with Crippen molar-refractivity contribution in [2.75, 3.05) is 0 Å². The van der Waals surface area contributed by atoms with Crippen LogP contribution < -0.4 is 0 Å². The van der Waals surface area contributed by atoms with E-state index in [9.17, 15) is 0 Å². The summed E-state index contributed by atoms with van der Waals surface area (Å²) in [4.78, 5) is 0. The first kappa shape index (κ1) is 9.79. The number of benzene rings is 1. The molecule has 0 fully saturated rings. The quantitative estimate of drug-likeness (QED) is 0.610. The molecule has 0 atom stereocenters. The zero-order valence-corrected chi connectivity index (χ0v) is 8.33. The van der Waals surface area contributed by atoms with Crippen molar-refractivity contribution in [1.29, 1.82) is 0 Å². The SMILES string of the molecule is C/C=C\C=C/Cc1ccccc1C. The van der Waals surface area contributed by atoms with Gasteiger partial charge in [0, 0.05) is 0 Å². The summed E-state index contributed by atoms with van der Waals surface area (Å²) in [5.41, 5.74) is 2.77. The molecular weight excluding hydrogens is 156 g/mol. The Kier molecular flexibility index (Phi) is 4.04. The van der Waals surface area contributed by atoms with Gasteiger partial charge in [0.1, 0.15) is 0 Å². The van der Waals surface area contributed by atoms with Crippen molar-refractivity contribution < 1.29 is 0 Å². The van der Waals surface area contributed by atoms with Gasteiger partial charge in [0.2, 0.25) is 0 Å². The average molecular weight is 172 g/mol. The average Bonchev–Trinajstić information content (AvgIpc) is 2.15. The van der Waals surface area contributed by atoms with E-state index in [0.29, 0.717) is 0 Å². The second-order valence-corrected chi connectivity index (χ2v) is 3.08. The fourth-order valence-electron chi connectivity index (χ4n) is 1.22. The van der Waals surface area contributed by atoms with Crippen molar-refractivity contribution in [3.8, 4) is 0 Å². The van der Waals surface area contributed by atoms with Crippen molar-refractivity contribution in [3.05, 3.63) is 59.7 Å². The summed E-state index contributed by atoms with van der Waals surface area (Å²) >= 11 is 0. The summed E-state index contributed by atoms with van der Waals surface area (Å²) in [6, 6.07) is 8.49. The lowest BCUT2D eigenvalue weighted by Crippen LogP contribution is -1.84. The maximum Gasteiger partial charge on any atom is -0.00917 e. The second-order valence-electron chi connectivity index (χ2n) is 3.08. The number of hydrogen-bond acceptors (Lipinski definition) is 0. The van der Waals surface area contributed by atoms with E-state index >= 15 is 0 Å². The van der Waals surface area contributed by atoms with Crippen LogP contribution >= 0.6 is 0 Å². The molecule has 0 aliphatic carbocycles. The molecule has 13 heavy (non-hydrogen) atoms. The van der Waals surface area contributed by atoms with Gasteiger partial charge in [-0.15, -0.1) is 0 Å². The van der Waals surface area contributed by atoms with Crippen molar-refractivity contribution in [2.24, 2.45) is 0 Å². The second kappa shape index (κ2) is 5.36. The predicted molar refractivity (Wildman–Crippen MR) is 58.8 cm³/mol. The Morgan fingerprint density at radius 2 is 1.92 bits per heavy atom. The third-order valence-electron chi connectivity index (χ3n) is 2.04. The first-order valence-electron chi connectivity index (χ1n) is 4.67. The minimum absolute atomic E-state index is 1.02. The number of aryl methyl sites for hydroxylation is 1. The van der Waals surface area contributed by atoms with Crippen LogP contribution in [0, 0.1) is 6.92 Å². The number of hydrogen-bond donors (Lipinski definition) is 0. The summed E-state index contributed by atoms with van der Waals surface area (Å²) in [6.07, 6.45) is 9.39. The molecule has 1 aromatic carbocycles. The standard InChI is InChI=1S/C13H16/c1-3-4-5-6-10-13-11-8-7-9-12(13)2/h3-9,11H,10H2,1-2H3/b4-3-,6-5-. The minimum Gasteiger partial charge on any atom is -0.0877 e.